The molecule has 1 aromatic heterocycles. The van der Waals surface area contributed by atoms with Gasteiger partial charge in [0.2, 0.25) is 0 Å². The normalized spacial score (nSPS) is 12.8. The molecular weight excluding hydrogens is 321 g/mol. The van der Waals surface area contributed by atoms with Gasteiger partial charge in [0.05, 0.1) is 18.0 Å². The fourth-order valence-electron chi connectivity index (χ4n) is 2.42. The van der Waals surface area contributed by atoms with Crippen molar-refractivity contribution in [2.45, 2.75) is 32.7 Å². The van der Waals surface area contributed by atoms with Crippen LogP contribution in [0.2, 0.25) is 0 Å². The summed E-state index contributed by atoms with van der Waals surface area (Å²) in [6.45, 7) is 4.84. The fraction of sp³-hybridized carbons (Fsp3) is 0.438. The number of hydrogen-bond acceptors (Lipinski definition) is 3. The molecule has 0 aliphatic carbocycles. The summed E-state index contributed by atoms with van der Waals surface area (Å²) in [5, 5.41) is 3.36. The molecule has 22 heavy (non-hydrogen) atoms. The average molecular weight is 344 g/mol. The van der Waals surface area contributed by atoms with Crippen LogP contribution in [0.3, 0.4) is 0 Å². The first-order valence-corrected chi connectivity index (χ1v) is 7.38. The number of nitrogens with zero attached hydrogens (tertiary/aromatic N) is 1. The number of aromatic amines is 1. The van der Waals surface area contributed by atoms with Crippen molar-refractivity contribution in [1.82, 2.24) is 15.3 Å². The van der Waals surface area contributed by atoms with Crippen molar-refractivity contribution in [3.63, 3.8) is 0 Å². The standard InChI is InChI=1S/C16H21N3O.2ClH/c1-2-3-9-20-13-6-4-5-12(10-13)16-18-14-7-8-17-11-15(14)19-16;;/h4-6,10,17H,2-3,7-9,11H2,1H3,(H,18,19);2*1H. The number of ether oxygens (including phenoxy) is 1. The maximum Gasteiger partial charge on any atom is 0.137 e. The van der Waals surface area contributed by atoms with Gasteiger partial charge in [-0.3, -0.25) is 0 Å². The van der Waals surface area contributed by atoms with Crippen molar-refractivity contribution in [1.29, 1.82) is 0 Å². The zero-order chi connectivity index (χ0) is 13.8. The summed E-state index contributed by atoms with van der Waals surface area (Å²) < 4.78 is 5.76. The maximum absolute atomic E-state index is 5.76. The Bertz CT molecular complexity index is 563. The zero-order valence-electron chi connectivity index (χ0n) is 12.7. The molecule has 1 aliphatic heterocycles. The monoisotopic (exact) mass is 343 g/mol. The van der Waals surface area contributed by atoms with Gasteiger partial charge in [0, 0.05) is 25.1 Å². The highest BCUT2D eigenvalue weighted by Gasteiger charge is 2.14. The van der Waals surface area contributed by atoms with Crippen LogP contribution >= 0.6 is 24.8 Å². The third-order valence-electron chi connectivity index (χ3n) is 3.58. The molecular formula is C16H23Cl2N3O. The Morgan fingerprint density at radius 2 is 2.14 bits per heavy atom. The molecule has 122 valence electrons. The Labute approximate surface area is 143 Å². The van der Waals surface area contributed by atoms with Gasteiger partial charge < -0.3 is 15.0 Å². The van der Waals surface area contributed by atoms with E-state index in [1.165, 1.54) is 11.4 Å². The summed E-state index contributed by atoms with van der Waals surface area (Å²) in [4.78, 5) is 8.12. The molecule has 0 atom stereocenters. The highest BCUT2D eigenvalue weighted by Crippen LogP contribution is 2.24. The van der Waals surface area contributed by atoms with Crippen LogP contribution in [0.25, 0.3) is 11.4 Å². The first-order chi connectivity index (χ1) is 9.86. The molecule has 0 amide bonds. The van der Waals surface area contributed by atoms with Crippen molar-refractivity contribution >= 4 is 24.8 Å². The second kappa shape index (κ2) is 9.03. The molecule has 0 fully saturated rings. The number of aromatic nitrogens is 2. The highest BCUT2D eigenvalue weighted by molar-refractivity contribution is 5.85. The van der Waals surface area contributed by atoms with Crippen LogP contribution in [-0.4, -0.2) is 23.1 Å². The van der Waals surface area contributed by atoms with Gasteiger partial charge in [0.25, 0.3) is 0 Å². The Morgan fingerprint density at radius 1 is 1.27 bits per heavy atom. The lowest BCUT2D eigenvalue weighted by Gasteiger charge is -2.09. The van der Waals surface area contributed by atoms with E-state index in [1.54, 1.807) is 0 Å². The van der Waals surface area contributed by atoms with Crippen molar-refractivity contribution in [3.8, 4) is 17.1 Å². The van der Waals surface area contributed by atoms with Crippen LogP contribution in [0.4, 0.5) is 0 Å². The van der Waals surface area contributed by atoms with E-state index in [1.807, 2.05) is 12.1 Å². The number of rotatable bonds is 5. The van der Waals surface area contributed by atoms with Crippen molar-refractivity contribution in [3.05, 3.63) is 35.7 Å². The Balaban J connectivity index is 0.00000121. The smallest absolute Gasteiger partial charge is 0.137 e. The molecule has 0 spiro atoms. The lowest BCUT2D eigenvalue weighted by molar-refractivity contribution is 0.309. The van der Waals surface area contributed by atoms with E-state index in [0.29, 0.717) is 0 Å². The lowest BCUT2D eigenvalue weighted by Crippen LogP contribution is -2.23. The number of hydrogen-bond donors (Lipinski definition) is 2. The predicted molar refractivity (Wildman–Crippen MR) is 94.3 cm³/mol. The van der Waals surface area contributed by atoms with Gasteiger partial charge in [-0.05, 0) is 18.6 Å². The quantitative estimate of drug-likeness (QED) is 0.813. The number of halogens is 2. The molecule has 2 heterocycles. The molecule has 1 aromatic carbocycles. The van der Waals surface area contributed by atoms with Crippen LogP contribution in [0.5, 0.6) is 5.75 Å². The average Bonchev–Trinajstić information content (AvgIpc) is 2.92. The molecule has 0 bridgehead atoms. The van der Waals surface area contributed by atoms with Crippen LogP contribution in [0, 0.1) is 0 Å². The molecule has 3 rings (SSSR count). The molecule has 0 saturated carbocycles. The van der Waals surface area contributed by atoms with E-state index in [9.17, 15) is 0 Å². The third-order valence-corrected chi connectivity index (χ3v) is 3.58. The van der Waals surface area contributed by atoms with E-state index in [0.717, 1.165) is 56.1 Å². The van der Waals surface area contributed by atoms with E-state index >= 15 is 0 Å². The first kappa shape index (κ1) is 18.8. The van der Waals surface area contributed by atoms with Gasteiger partial charge in [-0.2, -0.15) is 0 Å². The molecule has 0 radical (unpaired) electrons. The van der Waals surface area contributed by atoms with Gasteiger partial charge in [-0.15, -0.1) is 24.8 Å². The molecule has 0 saturated heterocycles. The molecule has 2 N–H and O–H groups in total. The van der Waals surface area contributed by atoms with Gasteiger partial charge in [0.1, 0.15) is 11.6 Å². The van der Waals surface area contributed by atoms with Crippen molar-refractivity contribution in [2.75, 3.05) is 13.2 Å². The van der Waals surface area contributed by atoms with Gasteiger partial charge >= 0.3 is 0 Å². The second-order valence-electron chi connectivity index (χ2n) is 5.17. The number of imidazole rings is 1. The molecule has 6 heteroatoms. The van der Waals surface area contributed by atoms with Gasteiger partial charge in [-0.1, -0.05) is 25.5 Å². The fourth-order valence-corrected chi connectivity index (χ4v) is 2.42. The van der Waals surface area contributed by atoms with Crippen molar-refractivity contribution in [2.24, 2.45) is 0 Å². The minimum atomic E-state index is 0. The summed E-state index contributed by atoms with van der Waals surface area (Å²) in [5.41, 5.74) is 3.49. The van der Waals surface area contributed by atoms with E-state index in [2.05, 4.69) is 29.4 Å². The summed E-state index contributed by atoms with van der Waals surface area (Å²) in [7, 11) is 0. The maximum atomic E-state index is 5.76. The van der Waals surface area contributed by atoms with Gasteiger partial charge in [0.15, 0.2) is 0 Å². The van der Waals surface area contributed by atoms with Crippen LogP contribution in [0.15, 0.2) is 24.3 Å². The summed E-state index contributed by atoms with van der Waals surface area (Å²) in [6.07, 6.45) is 3.24. The largest absolute Gasteiger partial charge is 0.494 e. The van der Waals surface area contributed by atoms with E-state index in [-0.39, 0.29) is 24.8 Å². The molecule has 4 nitrogen and oxygen atoms in total. The SMILES string of the molecule is CCCCOc1cccc(-c2nc3c([nH]2)CNCC3)c1.Cl.Cl. The van der Waals surface area contributed by atoms with Crippen LogP contribution in [-0.2, 0) is 13.0 Å². The van der Waals surface area contributed by atoms with E-state index in [4.69, 9.17) is 9.72 Å². The van der Waals surface area contributed by atoms with Crippen LogP contribution < -0.4 is 10.1 Å². The molecule has 0 unspecified atom stereocenters. The molecule has 1 aliphatic rings. The Hall–Kier alpha value is -1.23. The van der Waals surface area contributed by atoms with Crippen molar-refractivity contribution < 1.29 is 4.74 Å². The molecule has 2 aromatic rings. The topological polar surface area (TPSA) is 49.9 Å². The summed E-state index contributed by atoms with van der Waals surface area (Å²) in [6, 6.07) is 8.16. The van der Waals surface area contributed by atoms with E-state index < -0.39 is 0 Å². The third kappa shape index (κ3) is 4.38. The zero-order valence-corrected chi connectivity index (χ0v) is 14.4. The highest BCUT2D eigenvalue weighted by atomic mass is 35.5. The number of nitrogens with one attached hydrogen (secondary N) is 2. The Morgan fingerprint density at radius 3 is 2.91 bits per heavy atom. The van der Waals surface area contributed by atoms with Crippen LogP contribution in [0.1, 0.15) is 31.2 Å². The minimum absolute atomic E-state index is 0. The lowest BCUT2D eigenvalue weighted by atomic mass is 10.2. The minimum Gasteiger partial charge on any atom is -0.494 e. The predicted octanol–water partition coefficient (Wildman–Crippen LogP) is 3.74. The number of H-pyrrole nitrogens is 1. The Kier molecular flexibility index (Phi) is 7.73. The second-order valence-corrected chi connectivity index (χ2v) is 5.17. The number of benzene rings is 1. The number of unbranched alkanes of at least 4 members (excludes halogenated alkanes) is 1. The van der Waals surface area contributed by atoms with Gasteiger partial charge in [-0.25, -0.2) is 4.98 Å². The first-order valence-electron chi connectivity index (χ1n) is 7.38. The summed E-state index contributed by atoms with van der Waals surface area (Å²) >= 11 is 0. The summed E-state index contributed by atoms with van der Waals surface area (Å²) in [5.74, 6) is 1.86. The number of fused-ring (bicyclic) bond motifs is 1.